The molecule has 0 radical (unpaired) electrons. The summed E-state index contributed by atoms with van der Waals surface area (Å²) in [5.41, 5.74) is 10.5. The third-order valence-electron chi connectivity index (χ3n) is 5.06. The molecule has 102 valence electrons. The van der Waals surface area contributed by atoms with Crippen LogP contribution in [0.15, 0.2) is 24.4 Å². The Morgan fingerprint density at radius 3 is 2.15 bits per heavy atom. The van der Waals surface area contributed by atoms with Crippen LogP contribution in [0.5, 0.6) is 0 Å². The third-order valence-corrected chi connectivity index (χ3v) is 5.06. The molecule has 0 aliphatic heterocycles. The molecule has 0 N–H and O–H groups in total. The van der Waals surface area contributed by atoms with Crippen molar-refractivity contribution < 1.29 is 4.57 Å². The summed E-state index contributed by atoms with van der Waals surface area (Å²) in [5.74, 6) is 0. The highest BCUT2D eigenvalue weighted by Gasteiger charge is 2.22. The molecule has 0 bridgehead atoms. The van der Waals surface area contributed by atoms with Gasteiger partial charge in [0.15, 0.2) is 6.20 Å². The number of nitrogens with zero attached hydrogens (tertiary/aromatic N) is 1. The van der Waals surface area contributed by atoms with E-state index >= 15 is 0 Å². The summed E-state index contributed by atoms with van der Waals surface area (Å²) in [6.07, 6.45) is 10.0. The van der Waals surface area contributed by atoms with Crippen LogP contribution in [0.4, 0.5) is 0 Å². The molecular formula is C19H22N+. The minimum atomic E-state index is 1.26. The monoisotopic (exact) mass is 264 g/mol. The Bertz CT molecular complexity index is 636. The smallest absolute Gasteiger partial charge is 0.201 e. The van der Waals surface area contributed by atoms with E-state index in [0.717, 1.165) is 0 Å². The molecule has 1 aromatic heterocycles. The van der Waals surface area contributed by atoms with E-state index in [9.17, 15) is 0 Å². The number of hydrogen-bond acceptors (Lipinski definition) is 0. The van der Waals surface area contributed by atoms with Crippen LogP contribution >= 0.6 is 0 Å². The van der Waals surface area contributed by atoms with E-state index in [1.807, 2.05) is 0 Å². The van der Waals surface area contributed by atoms with Crippen LogP contribution in [-0.4, -0.2) is 0 Å². The first kappa shape index (κ1) is 12.1. The van der Waals surface area contributed by atoms with E-state index in [1.54, 1.807) is 22.3 Å². The molecule has 0 saturated carbocycles. The Morgan fingerprint density at radius 1 is 0.800 bits per heavy atom. The number of fused-ring (bicyclic) bond motifs is 2. The van der Waals surface area contributed by atoms with Gasteiger partial charge in [0.2, 0.25) is 5.69 Å². The van der Waals surface area contributed by atoms with Gasteiger partial charge in [-0.3, -0.25) is 0 Å². The van der Waals surface area contributed by atoms with Crippen LogP contribution in [0.2, 0.25) is 0 Å². The fourth-order valence-electron chi connectivity index (χ4n) is 3.96. The van der Waals surface area contributed by atoms with Crippen molar-refractivity contribution in [2.24, 2.45) is 7.05 Å². The van der Waals surface area contributed by atoms with Crippen molar-refractivity contribution in [3.05, 3.63) is 52.2 Å². The SMILES string of the molecule is Cc1cc2c(cc1-c1cc3c(c[n+]1C)CCC3)CCC2. The maximum absolute atomic E-state index is 2.45. The van der Waals surface area contributed by atoms with E-state index in [-0.39, 0.29) is 0 Å². The van der Waals surface area contributed by atoms with Crippen LogP contribution in [0, 0.1) is 6.92 Å². The van der Waals surface area contributed by atoms with Gasteiger partial charge in [0.25, 0.3) is 0 Å². The lowest BCUT2D eigenvalue weighted by Gasteiger charge is -2.09. The highest BCUT2D eigenvalue weighted by molar-refractivity contribution is 5.65. The molecule has 1 aromatic carbocycles. The molecular weight excluding hydrogens is 242 g/mol. The first-order chi connectivity index (χ1) is 9.72. The number of rotatable bonds is 1. The molecule has 0 amide bonds. The summed E-state index contributed by atoms with van der Waals surface area (Å²) < 4.78 is 2.33. The van der Waals surface area contributed by atoms with Gasteiger partial charge < -0.3 is 0 Å². The summed E-state index contributed by atoms with van der Waals surface area (Å²) >= 11 is 0. The molecule has 4 rings (SSSR count). The van der Waals surface area contributed by atoms with E-state index in [4.69, 9.17) is 0 Å². The summed E-state index contributed by atoms with van der Waals surface area (Å²) in [7, 11) is 2.20. The van der Waals surface area contributed by atoms with E-state index in [1.165, 1.54) is 55.3 Å². The zero-order valence-corrected chi connectivity index (χ0v) is 12.5. The number of pyridine rings is 1. The highest BCUT2D eigenvalue weighted by atomic mass is 14.9. The fourth-order valence-corrected chi connectivity index (χ4v) is 3.96. The Balaban J connectivity index is 1.89. The van der Waals surface area contributed by atoms with Gasteiger partial charge in [-0.1, -0.05) is 6.07 Å². The number of aromatic nitrogens is 1. The molecule has 2 aliphatic rings. The van der Waals surface area contributed by atoms with E-state index in [2.05, 4.69) is 42.9 Å². The summed E-state index contributed by atoms with van der Waals surface area (Å²) in [6, 6.07) is 7.31. The summed E-state index contributed by atoms with van der Waals surface area (Å²) in [4.78, 5) is 0. The Labute approximate surface area is 121 Å². The standard InChI is InChI=1S/C19H22N/c1-13-9-14-5-3-6-15(14)10-18(13)19-11-16-7-4-8-17(16)12-20(19)2/h9-12H,3-8H2,1-2H3/q+1. The molecule has 1 heteroatoms. The molecule has 20 heavy (non-hydrogen) atoms. The molecule has 1 nitrogen and oxygen atoms in total. The molecule has 2 aromatic rings. The predicted octanol–water partition coefficient (Wildman–Crippen LogP) is 3.46. The molecule has 2 aliphatic carbocycles. The summed E-state index contributed by atoms with van der Waals surface area (Å²) in [5, 5.41) is 0. The van der Waals surface area contributed by atoms with Gasteiger partial charge in [0, 0.05) is 17.2 Å². The van der Waals surface area contributed by atoms with E-state index in [0.29, 0.717) is 0 Å². The molecule has 0 fully saturated rings. The number of benzene rings is 1. The highest BCUT2D eigenvalue weighted by Crippen LogP contribution is 2.31. The fraction of sp³-hybridized carbons (Fsp3) is 0.421. The van der Waals surface area contributed by atoms with Gasteiger partial charge in [-0.2, -0.15) is 0 Å². The lowest BCUT2D eigenvalue weighted by molar-refractivity contribution is -0.660. The zero-order chi connectivity index (χ0) is 13.7. The Kier molecular flexibility index (Phi) is 2.70. The van der Waals surface area contributed by atoms with Gasteiger partial charge in [0.05, 0.1) is 0 Å². The molecule has 0 spiro atoms. The number of aryl methyl sites for hydroxylation is 6. The van der Waals surface area contributed by atoms with Crippen molar-refractivity contribution in [2.45, 2.75) is 45.4 Å². The van der Waals surface area contributed by atoms with Gasteiger partial charge >= 0.3 is 0 Å². The average Bonchev–Trinajstić information content (AvgIpc) is 3.04. The largest absolute Gasteiger partial charge is 0.212 e. The first-order valence-electron chi connectivity index (χ1n) is 7.86. The second kappa shape index (κ2) is 4.44. The minimum absolute atomic E-state index is 1.26. The van der Waals surface area contributed by atoms with Crippen molar-refractivity contribution in [1.29, 1.82) is 0 Å². The average molecular weight is 264 g/mol. The Morgan fingerprint density at radius 2 is 1.40 bits per heavy atom. The quantitative estimate of drug-likeness (QED) is 0.694. The normalized spacial score (nSPS) is 16.3. The third kappa shape index (κ3) is 1.80. The topological polar surface area (TPSA) is 3.88 Å². The predicted molar refractivity (Wildman–Crippen MR) is 81.8 cm³/mol. The first-order valence-corrected chi connectivity index (χ1v) is 7.86. The summed E-state index contributed by atoms with van der Waals surface area (Å²) in [6.45, 7) is 2.27. The van der Waals surface area contributed by atoms with Crippen molar-refractivity contribution in [2.75, 3.05) is 0 Å². The van der Waals surface area contributed by atoms with E-state index < -0.39 is 0 Å². The van der Waals surface area contributed by atoms with Crippen LogP contribution in [0.1, 0.15) is 40.7 Å². The zero-order valence-electron chi connectivity index (χ0n) is 12.5. The molecule has 0 unspecified atom stereocenters. The van der Waals surface area contributed by atoms with Crippen molar-refractivity contribution in [1.82, 2.24) is 0 Å². The van der Waals surface area contributed by atoms with Crippen molar-refractivity contribution in [3.8, 4) is 11.3 Å². The maximum Gasteiger partial charge on any atom is 0.212 e. The molecule has 0 saturated heterocycles. The Hall–Kier alpha value is -1.63. The van der Waals surface area contributed by atoms with Gasteiger partial charge in [-0.05, 0) is 73.8 Å². The lowest BCUT2D eigenvalue weighted by atomic mass is 9.97. The van der Waals surface area contributed by atoms with Gasteiger partial charge in [-0.25, -0.2) is 4.57 Å². The van der Waals surface area contributed by atoms with Crippen LogP contribution < -0.4 is 4.57 Å². The van der Waals surface area contributed by atoms with Crippen LogP contribution in [0.25, 0.3) is 11.3 Å². The van der Waals surface area contributed by atoms with Crippen LogP contribution in [0.3, 0.4) is 0 Å². The molecule has 1 heterocycles. The van der Waals surface area contributed by atoms with Crippen molar-refractivity contribution in [3.63, 3.8) is 0 Å². The minimum Gasteiger partial charge on any atom is -0.201 e. The second-order valence-corrected chi connectivity index (χ2v) is 6.46. The maximum atomic E-state index is 2.45. The molecule has 0 atom stereocenters. The second-order valence-electron chi connectivity index (χ2n) is 6.46. The van der Waals surface area contributed by atoms with Crippen LogP contribution in [-0.2, 0) is 32.7 Å². The number of hydrogen-bond donors (Lipinski definition) is 0. The lowest BCUT2D eigenvalue weighted by Crippen LogP contribution is -2.31. The van der Waals surface area contributed by atoms with Crippen molar-refractivity contribution >= 4 is 0 Å². The van der Waals surface area contributed by atoms with Gasteiger partial charge in [0.1, 0.15) is 7.05 Å². The van der Waals surface area contributed by atoms with Gasteiger partial charge in [-0.15, -0.1) is 0 Å².